The van der Waals surface area contributed by atoms with Gasteiger partial charge in [0.1, 0.15) is 11.7 Å². The van der Waals surface area contributed by atoms with Crippen molar-refractivity contribution in [3.8, 4) is 16.6 Å². The third-order valence-corrected chi connectivity index (χ3v) is 3.25. The van der Waals surface area contributed by atoms with Crippen molar-refractivity contribution in [2.45, 2.75) is 0 Å². The molecule has 4 heteroatoms. The normalized spacial score (nSPS) is 10.4. The molecular formula is C12H7N3S. The van der Waals surface area contributed by atoms with Gasteiger partial charge in [0.15, 0.2) is 0 Å². The molecule has 0 amide bonds. The average Bonchev–Trinajstić information content (AvgIpc) is 2.96. The van der Waals surface area contributed by atoms with Gasteiger partial charge in [-0.3, -0.25) is 0 Å². The van der Waals surface area contributed by atoms with Crippen LogP contribution in [-0.4, -0.2) is 9.38 Å². The third kappa shape index (κ3) is 1.38. The van der Waals surface area contributed by atoms with Gasteiger partial charge in [0.25, 0.3) is 0 Å². The summed E-state index contributed by atoms with van der Waals surface area (Å²) in [6.07, 6.45) is 3.74. The summed E-state index contributed by atoms with van der Waals surface area (Å²) < 4.78 is 1.88. The summed E-state index contributed by atoms with van der Waals surface area (Å²) in [5.41, 5.74) is 2.45. The Morgan fingerprint density at radius 3 is 2.94 bits per heavy atom. The van der Waals surface area contributed by atoms with E-state index >= 15 is 0 Å². The Morgan fingerprint density at radius 1 is 1.25 bits per heavy atom. The van der Waals surface area contributed by atoms with Gasteiger partial charge in [0.2, 0.25) is 0 Å². The van der Waals surface area contributed by atoms with Crippen LogP contribution < -0.4 is 0 Å². The average molecular weight is 225 g/mol. The first-order chi connectivity index (χ1) is 7.86. The first-order valence-electron chi connectivity index (χ1n) is 4.79. The minimum atomic E-state index is 0.641. The van der Waals surface area contributed by atoms with Crippen molar-refractivity contribution in [2.75, 3.05) is 0 Å². The zero-order chi connectivity index (χ0) is 11.0. The van der Waals surface area contributed by atoms with E-state index in [4.69, 9.17) is 5.26 Å². The van der Waals surface area contributed by atoms with E-state index in [9.17, 15) is 0 Å². The number of pyridine rings is 1. The van der Waals surface area contributed by atoms with Crippen LogP contribution in [0.2, 0.25) is 0 Å². The second-order valence-corrected chi connectivity index (χ2v) is 4.35. The topological polar surface area (TPSA) is 41.1 Å². The minimum absolute atomic E-state index is 0.641. The van der Waals surface area contributed by atoms with E-state index in [0.717, 1.165) is 16.2 Å². The van der Waals surface area contributed by atoms with Crippen LogP contribution in [0.3, 0.4) is 0 Å². The molecule has 3 aromatic heterocycles. The van der Waals surface area contributed by atoms with Gasteiger partial charge in [0.05, 0.1) is 16.1 Å². The summed E-state index contributed by atoms with van der Waals surface area (Å²) in [6.45, 7) is 0. The van der Waals surface area contributed by atoms with E-state index in [-0.39, 0.29) is 0 Å². The van der Waals surface area contributed by atoms with Crippen LogP contribution in [0.15, 0.2) is 42.0 Å². The summed E-state index contributed by atoms with van der Waals surface area (Å²) in [4.78, 5) is 5.64. The summed E-state index contributed by atoms with van der Waals surface area (Å²) in [5.74, 6) is 0. The van der Waals surface area contributed by atoms with Crippen LogP contribution in [-0.2, 0) is 0 Å². The van der Waals surface area contributed by atoms with Crippen molar-refractivity contribution in [2.24, 2.45) is 0 Å². The summed E-state index contributed by atoms with van der Waals surface area (Å²) in [7, 11) is 0. The SMILES string of the molecule is N#Cc1ccc2nc(-c3cccs3)cn2c1. The molecule has 0 aliphatic rings. The largest absolute Gasteiger partial charge is 0.305 e. The number of hydrogen-bond acceptors (Lipinski definition) is 3. The Labute approximate surface area is 96.2 Å². The van der Waals surface area contributed by atoms with Crippen molar-refractivity contribution >= 4 is 17.0 Å². The molecule has 16 heavy (non-hydrogen) atoms. The molecule has 0 fully saturated rings. The molecule has 0 atom stereocenters. The molecule has 0 spiro atoms. The number of hydrogen-bond donors (Lipinski definition) is 0. The molecule has 0 aromatic carbocycles. The highest BCUT2D eigenvalue weighted by Crippen LogP contribution is 2.23. The lowest BCUT2D eigenvalue weighted by Crippen LogP contribution is -1.83. The number of fused-ring (bicyclic) bond motifs is 1. The van der Waals surface area contributed by atoms with Crippen LogP contribution >= 0.6 is 11.3 Å². The maximum absolute atomic E-state index is 8.81. The Balaban J connectivity index is 2.20. The second kappa shape index (κ2) is 3.47. The van der Waals surface area contributed by atoms with E-state index in [1.165, 1.54) is 0 Å². The van der Waals surface area contributed by atoms with Crippen LogP contribution in [0, 0.1) is 11.3 Å². The Kier molecular flexibility index (Phi) is 1.98. The fourth-order valence-corrected chi connectivity index (χ4v) is 2.28. The summed E-state index contributed by atoms with van der Waals surface area (Å²) >= 11 is 1.66. The first kappa shape index (κ1) is 9.13. The number of imidazole rings is 1. The highest BCUT2D eigenvalue weighted by atomic mass is 32.1. The molecule has 0 unspecified atom stereocenters. The first-order valence-corrected chi connectivity index (χ1v) is 5.67. The van der Waals surface area contributed by atoms with E-state index in [1.807, 2.05) is 34.2 Å². The minimum Gasteiger partial charge on any atom is -0.305 e. The van der Waals surface area contributed by atoms with Gasteiger partial charge in [-0.1, -0.05) is 6.07 Å². The molecule has 3 aromatic rings. The monoisotopic (exact) mass is 225 g/mol. The lowest BCUT2D eigenvalue weighted by Gasteiger charge is -1.91. The van der Waals surface area contributed by atoms with Crippen molar-refractivity contribution in [3.63, 3.8) is 0 Å². The van der Waals surface area contributed by atoms with Crippen molar-refractivity contribution in [1.82, 2.24) is 9.38 Å². The van der Waals surface area contributed by atoms with E-state index in [2.05, 4.69) is 11.1 Å². The molecule has 0 aliphatic heterocycles. The van der Waals surface area contributed by atoms with Gasteiger partial charge in [-0.2, -0.15) is 5.26 Å². The molecule has 0 saturated heterocycles. The lowest BCUT2D eigenvalue weighted by atomic mass is 10.3. The van der Waals surface area contributed by atoms with Gasteiger partial charge in [0, 0.05) is 12.4 Å². The zero-order valence-electron chi connectivity index (χ0n) is 8.29. The quantitative estimate of drug-likeness (QED) is 0.639. The van der Waals surface area contributed by atoms with E-state index in [1.54, 1.807) is 23.6 Å². The Morgan fingerprint density at radius 2 is 2.19 bits per heavy atom. The molecule has 76 valence electrons. The van der Waals surface area contributed by atoms with E-state index < -0.39 is 0 Å². The predicted octanol–water partition coefficient (Wildman–Crippen LogP) is 2.93. The number of rotatable bonds is 1. The van der Waals surface area contributed by atoms with Gasteiger partial charge < -0.3 is 4.40 Å². The van der Waals surface area contributed by atoms with Gasteiger partial charge >= 0.3 is 0 Å². The molecular weight excluding hydrogens is 218 g/mol. The summed E-state index contributed by atoms with van der Waals surface area (Å²) in [6, 6.07) is 9.80. The van der Waals surface area contributed by atoms with Gasteiger partial charge in [-0.25, -0.2) is 4.98 Å². The third-order valence-electron chi connectivity index (χ3n) is 2.35. The van der Waals surface area contributed by atoms with Crippen molar-refractivity contribution < 1.29 is 0 Å². The highest BCUT2D eigenvalue weighted by Gasteiger charge is 2.05. The number of nitriles is 1. The second-order valence-electron chi connectivity index (χ2n) is 3.40. The predicted molar refractivity (Wildman–Crippen MR) is 63.2 cm³/mol. The summed E-state index contributed by atoms with van der Waals surface area (Å²) in [5, 5.41) is 10.8. The maximum Gasteiger partial charge on any atom is 0.137 e. The maximum atomic E-state index is 8.81. The molecule has 3 heterocycles. The molecule has 0 radical (unpaired) electrons. The fourth-order valence-electron chi connectivity index (χ4n) is 1.60. The van der Waals surface area contributed by atoms with Crippen LogP contribution in [0.4, 0.5) is 0 Å². The number of nitrogens with zero attached hydrogens (tertiary/aromatic N) is 3. The van der Waals surface area contributed by atoms with Crippen molar-refractivity contribution in [1.29, 1.82) is 5.26 Å². The number of aromatic nitrogens is 2. The van der Waals surface area contributed by atoms with E-state index in [0.29, 0.717) is 5.56 Å². The molecule has 0 saturated carbocycles. The van der Waals surface area contributed by atoms with Gasteiger partial charge in [-0.15, -0.1) is 11.3 Å². The Hall–Kier alpha value is -2.12. The van der Waals surface area contributed by atoms with Crippen LogP contribution in [0.5, 0.6) is 0 Å². The Bertz CT molecular complexity index is 674. The fraction of sp³-hybridized carbons (Fsp3) is 0. The molecule has 0 N–H and O–H groups in total. The molecule has 0 aliphatic carbocycles. The molecule has 3 rings (SSSR count). The van der Waals surface area contributed by atoms with Gasteiger partial charge in [-0.05, 0) is 23.6 Å². The smallest absolute Gasteiger partial charge is 0.137 e. The van der Waals surface area contributed by atoms with Crippen molar-refractivity contribution in [3.05, 3.63) is 47.6 Å². The molecule has 3 nitrogen and oxygen atoms in total. The molecule has 0 bridgehead atoms. The van der Waals surface area contributed by atoms with Crippen LogP contribution in [0.1, 0.15) is 5.56 Å². The lowest BCUT2D eigenvalue weighted by molar-refractivity contribution is 1.17. The highest BCUT2D eigenvalue weighted by molar-refractivity contribution is 7.13. The van der Waals surface area contributed by atoms with Crippen LogP contribution in [0.25, 0.3) is 16.2 Å². The number of thiophene rings is 1. The standard InChI is InChI=1S/C12H7N3S/c13-6-9-3-4-12-14-10(8-15(12)7-9)11-2-1-5-16-11/h1-5,7-8H. The zero-order valence-corrected chi connectivity index (χ0v) is 9.11.